The van der Waals surface area contributed by atoms with Gasteiger partial charge in [0, 0.05) is 6.04 Å². The maximum absolute atomic E-state index is 12.4. The maximum atomic E-state index is 12.4. The van der Waals surface area contributed by atoms with Crippen molar-refractivity contribution in [1.29, 1.82) is 0 Å². The number of esters is 1. The fraction of sp³-hybridized carbons (Fsp3) is 0.667. The predicted octanol–water partition coefficient (Wildman–Crippen LogP) is 4.12. The molecule has 0 fully saturated rings. The molecule has 0 aliphatic rings. The molecule has 1 rings (SSSR count). The molecule has 0 spiro atoms. The summed E-state index contributed by atoms with van der Waals surface area (Å²) in [6.07, 6.45) is 0.489. The summed E-state index contributed by atoms with van der Waals surface area (Å²) < 4.78 is 17.2. The zero-order valence-corrected chi connectivity index (χ0v) is 17.5. The van der Waals surface area contributed by atoms with Gasteiger partial charge in [0.1, 0.15) is 6.04 Å². The lowest BCUT2D eigenvalue weighted by molar-refractivity contribution is -0.150. The number of benzene rings is 1. The highest BCUT2D eigenvalue weighted by Crippen LogP contribution is 2.30. The van der Waals surface area contributed by atoms with Crippen molar-refractivity contribution in [2.45, 2.75) is 92.2 Å². The van der Waals surface area contributed by atoms with Gasteiger partial charge in [-0.05, 0) is 65.7 Å². The van der Waals surface area contributed by atoms with E-state index < -0.39 is 6.04 Å². The summed E-state index contributed by atoms with van der Waals surface area (Å²) >= 11 is 0. The smallest absolute Gasteiger partial charge is 0.323 e. The van der Waals surface area contributed by atoms with Crippen LogP contribution in [0.4, 0.5) is 0 Å². The molecule has 1 aromatic rings. The fourth-order valence-corrected chi connectivity index (χ4v) is 2.54. The van der Waals surface area contributed by atoms with Crippen LogP contribution in [0.15, 0.2) is 18.2 Å². The second-order valence-corrected chi connectivity index (χ2v) is 7.68. The number of nitrogens with one attached hydrogen (secondary N) is 1. The molecule has 0 saturated heterocycles. The van der Waals surface area contributed by atoms with Gasteiger partial charge in [-0.25, -0.2) is 0 Å². The fourth-order valence-electron chi connectivity index (χ4n) is 2.54. The third-order valence-electron chi connectivity index (χ3n) is 3.34. The molecule has 0 aromatic heterocycles. The minimum absolute atomic E-state index is 0.0373. The molecule has 5 heteroatoms. The van der Waals surface area contributed by atoms with E-state index in [9.17, 15) is 4.79 Å². The number of ether oxygens (including phenoxy) is 3. The van der Waals surface area contributed by atoms with Crippen LogP contribution in [0.25, 0.3) is 0 Å². The lowest BCUT2D eigenvalue weighted by Crippen LogP contribution is -2.44. The number of hydrogen-bond donors (Lipinski definition) is 1. The first kappa shape index (κ1) is 22.3. The van der Waals surface area contributed by atoms with Crippen LogP contribution in [-0.2, 0) is 16.0 Å². The van der Waals surface area contributed by atoms with Crippen molar-refractivity contribution < 1.29 is 19.0 Å². The Kier molecular flexibility index (Phi) is 8.93. The molecule has 1 unspecified atom stereocenters. The van der Waals surface area contributed by atoms with Crippen LogP contribution in [0.2, 0.25) is 0 Å². The third-order valence-corrected chi connectivity index (χ3v) is 3.34. The Morgan fingerprint density at radius 1 is 0.885 bits per heavy atom. The topological polar surface area (TPSA) is 56.8 Å². The van der Waals surface area contributed by atoms with Gasteiger partial charge in [-0.2, -0.15) is 0 Å². The van der Waals surface area contributed by atoms with Gasteiger partial charge >= 0.3 is 5.97 Å². The Morgan fingerprint density at radius 2 is 1.46 bits per heavy atom. The van der Waals surface area contributed by atoms with Crippen molar-refractivity contribution in [3.05, 3.63) is 23.8 Å². The van der Waals surface area contributed by atoms with Crippen LogP contribution in [0.3, 0.4) is 0 Å². The zero-order valence-electron chi connectivity index (χ0n) is 17.5. The summed E-state index contributed by atoms with van der Waals surface area (Å²) in [6.45, 7) is 15.7. The Balaban J connectivity index is 3.04. The standard InChI is InChI=1S/C21H35NO4/c1-13(2)22-18(21(23)26-16(7)8)11-17-9-10-19(24-14(3)4)20(12-17)25-15(5)6/h9-10,12-16,18,22H,11H2,1-8H3. The molecule has 0 bridgehead atoms. The van der Waals surface area contributed by atoms with Gasteiger partial charge in [0.25, 0.3) is 0 Å². The normalized spacial score (nSPS) is 12.8. The summed E-state index contributed by atoms with van der Waals surface area (Å²) in [5.74, 6) is 1.19. The molecular weight excluding hydrogens is 330 g/mol. The molecule has 0 saturated carbocycles. The molecule has 148 valence electrons. The van der Waals surface area contributed by atoms with Crippen LogP contribution < -0.4 is 14.8 Å². The van der Waals surface area contributed by atoms with Crippen molar-refractivity contribution in [3.63, 3.8) is 0 Å². The molecular formula is C21H35NO4. The highest BCUT2D eigenvalue weighted by molar-refractivity contribution is 5.76. The molecule has 0 aliphatic carbocycles. The van der Waals surface area contributed by atoms with E-state index in [1.165, 1.54) is 0 Å². The first-order valence-electron chi connectivity index (χ1n) is 9.51. The monoisotopic (exact) mass is 365 g/mol. The zero-order chi connectivity index (χ0) is 19.9. The largest absolute Gasteiger partial charge is 0.487 e. The van der Waals surface area contributed by atoms with Crippen molar-refractivity contribution in [2.24, 2.45) is 0 Å². The Morgan fingerprint density at radius 3 is 1.96 bits per heavy atom. The molecule has 0 radical (unpaired) electrons. The summed E-state index contributed by atoms with van der Waals surface area (Å²) in [5.41, 5.74) is 0.996. The second-order valence-electron chi connectivity index (χ2n) is 7.68. The number of carbonyl (C=O) groups is 1. The molecule has 0 heterocycles. The molecule has 5 nitrogen and oxygen atoms in total. The molecule has 0 aliphatic heterocycles. The first-order valence-corrected chi connectivity index (χ1v) is 9.51. The van der Waals surface area contributed by atoms with E-state index >= 15 is 0 Å². The van der Waals surface area contributed by atoms with E-state index in [4.69, 9.17) is 14.2 Å². The average Bonchev–Trinajstić information content (AvgIpc) is 2.47. The summed E-state index contributed by atoms with van der Waals surface area (Å²) in [5, 5.41) is 3.29. The maximum Gasteiger partial charge on any atom is 0.323 e. The predicted molar refractivity (Wildman–Crippen MR) is 105 cm³/mol. The molecule has 1 aromatic carbocycles. The van der Waals surface area contributed by atoms with E-state index in [2.05, 4.69) is 5.32 Å². The van der Waals surface area contributed by atoms with E-state index in [-0.39, 0.29) is 30.3 Å². The third kappa shape index (κ3) is 8.09. The van der Waals surface area contributed by atoms with Gasteiger partial charge < -0.3 is 19.5 Å². The van der Waals surface area contributed by atoms with Crippen molar-refractivity contribution >= 4 is 5.97 Å². The molecule has 1 atom stereocenters. The van der Waals surface area contributed by atoms with Crippen LogP contribution in [0.5, 0.6) is 11.5 Å². The molecule has 1 N–H and O–H groups in total. The molecule has 26 heavy (non-hydrogen) atoms. The van der Waals surface area contributed by atoms with Gasteiger partial charge in [0.05, 0.1) is 18.3 Å². The average molecular weight is 366 g/mol. The number of carbonyl (C=O) groups excluding carboxylic acids is 1. The van der Waals surface area contributed by atoms with Gasteiger partial charge in [0.2, 0.25) is 0 Å². The minimum atomic E-state index is -0.402. The number of rotatable bonds is 10. The van der Waals surface area contributed by atoms with Crippen molar-refractivity contribution in [2.75, 3.05) is 0 Å². The first-order chi connectivity index (χ1) is 12.1. The Hall–Kier alpha value is -1.75. The lowest BCUT2D eigenvalue weighted by Gasteiger charge is -2.22. The van der Waals surface area contributed by atoms with Gasteiger partial charge in [0.15, 0.2) is 11.5 Å². The van der Waals surface area contributed by atoms with Gasteiger partial charge in [-0.1, -0.05) is 19.9 Å². The van der Waals surface area contributed by atoms with Gasteiger partial charge in [-0.3, -0.25) is 4.79 Å². The minimum Gasteiger partial charge on any atom is -0.487 e. The Bertz CT molecular complexity index is 567. The highest BCUT2D eigenvalue weighted by atomic mass is 16.5. The Labute approximate surface area is 158 Å². The van der Waals surface area contributed by atoms with E-state index in [1.54, 1.807) is 0 Å². The van der Waals surface area contributed by atoms with E-state index in [0.29, 0.717) is 12.2 Å². The summed E-state index contributed by atoms with van der Waals surface area (Å²) in [4.78, 5) is 12.4. The van der Waals surface area contributed by atoms with Crippen LogP contribution in [-0.4, -0.2) is 36.4 Å². The van der Waals surface area contributed by atoms with Crippen molar-refractivity contribution in [1.82, 2.24) is 5.32 Å². The number of hydrogen-bond acceptors (Lipinski definition) is 5. The van der Waals surface area contributed by atoms with E-state index in [0.717, 1.165) is 11.3 Å². The quantitative estimate of drug-likeness (QED) is 0.632. The van der Waals surface area contributed by atoms with Crippen LogP contribution in [0, 0.1) is 0 Å². The van der Waals surface area contributed by atoms with Gasteiger partial charge in [-0.15, -0.1) is 0 Å². The SMILES string of the molecule is CC(C)NC(Cc1ccc(OC(C)C)c(OC(C)C)c1)C(=O)OC(C)C. The highest BCUT2D eigenvalue weighted by Gasteiger charge is 2.23. The summed E-state index contributed by atoms with van der Waals surface area (Å²) in [6, 6.07) is 5.61. The van der Waals surface area contributed by atoms with E-state index in [1.807, 2.05) is 73.6 Å². The van der Waals surface area contributed by atoms with Crippen LogP contribution >= 0.6 is 0 Å². The van der Waals surface area contributed by atoms with Crippen LogP contribution in [0.1, 0.15) is 61.0 Å². The van der Waals surface area contributed by atoms with Crippen molar-refractivity contribution in [3.8, 4) is 11.5 Å². The lowest BCUT2D eigenvalue weighted by atomic mass is 10.0. The summed E-state index contributed by atoms with van der Waals surface area (Å²) in [7, 11) is 0. The second kappa shape index (κ2) is 10.4. The molecule has 0 amide bonds.